The van der Waals surface area contributed by atoms with Crippen molar-refractivity contribution in [2.45, 2.75) is 52.0 Å². The number of imidazole rings is 1. The van der Waals surface area contributed by atoms with Crippen LogP contribution in [0.3, 0.4) is 0 Å². The van der Waals surface area contributed by atoms with E-state index in [4.69, 9.17) is 20.2 Å². The Hall–Kier alpha value is -5.26. The number of hydrogen-bond acceptors (Lipinski definition) is 8. The Labute approximate surface area is 268 Å². The number of methoxy groups -OCH3 is 1. The lowest BCUT2D eigenvalue weighted by molar-refractivity contribution is -0.140. The predicted molar refractivity (Wildman–Crippen MR) is 178 cm³/mol. The number of nitrogens with two attached hydrogens (primary N) is 1. The number of aryl methyl sites for hydroxylation is 1. The van der Waals surface area contributed by atoms with Crippen LogP contribution >= 0.6 is 0 Å². The molecule has 0 saturated carbocycles. The van der Waals surface area contributed by atoms with Gasteiger partial charge in [-0.15, -0.1) is 0 Å². The number of benzene rings is 2. The number of nitrogens with zero attached hydrogens (tertiary/aromatic N) is 5. The molecule has 3 N–H and O–H groups in total. The quantitative estimate of drug-likeness (QED) is 0.0741. The molecule has 2 aromatic heterocycles. The van der Waals surface area contributed by atoms with Crippen molar-refractivity contribution in [3.05, 3.63) is 83.8 Å². The van der Waals surface area contributed by atoms with Gasteiger partial charge in [0.2, 0.25) is 0 Å². The molecule has 2 amide bonds. The molecule has 4 aromatic rings. The second kappa shape index (κ2) is 16.7. The Balaban J connectivity index is 1.38. The van der Waals surface area contributed by atoms with Crippen molar-refractivity contribution in [1.82, 2.24) is 14.5 Å². The third kappa shape index (κ3) is 9.13. The molecule has 0 saturated heterocycles. The summed E-state index contributed by atoms with van der Waals surface area (Å²) in [5, 5.41) is 3.35. The summed E-state index contributed by atoms with van der Waals surface area (Å²) in [5.41, 5.74) is 9.40. The van der Waals surface area contributed by atoms with E-state index < -0.39 is 12.1 Å². The van der Waals surface area contributed by atoms with Crippen molar-refractivity contribution in [2.75, 3.05) is 30.5 Å². The average Bonchev–Trinajstić information content (AvgIpc) is 3.40. The van der Waals surface area contributed by atoms with Gasteiger partial charge in [-0.3, -0.25) is 14.5 Å². The number of esters is 1. The number of nitrogens with one attached hydrogen (secondary N) is 1. The van der Waals surface area contributed by atoms with Crippen LogP contribution in [0, 0.1) is 0 Å². The molecular weight excluding hydrogens is 586 g/mol. The largest absolute Gasteiger partial charge is 0.469 e. The maximum Gasteiger partial charge on any atom is 0.435 e. The van der Waals surface area contributed by atoms with Crippen molar-refractivity contribution >= 4 is 46.3 Å². The second-order valence-electron chi connectivity index (χ2n) is 10.7. The van der Waals surface area contributed by atoms with E-state index in [9.17, 15) is 14.4 Å². The van der Waals surface area contributed by atoms with Crippen molar-refractivity contribution in [3.8, 4) is 0 Å². The van der Waals surface area contributed by atoms with Crippen molar-refractivity contribution in [1.29, 1.82) is 0 Å². The Bertz CT molecular complexity index is 1650. The lowest BCUT2D eigenvalue weighted by Gasteiger charge is -2.21. The van der Waals surface area contributed by atoms with Crippen LogP contribution in [-0.2, 0) is 27.9 Å². The number of ether oxygens (including phenoxy) is 2. The van der Waals surface area contributed by atoms with Gasteiger partial charge in [0.05, 0.1) is 37.7 Å². The zero-order valence-electron chi connectivity index (χ0n) is 26.6. The lowest BCUT2D eigenvalue weighted by atomic mass is 10.1. The molecule has 2 aromatic carbocycles. The fraction of sp³-hybridized carbons (Fsp3) is 0.353. The highest BCUT2D eigenvalue weighted by molar-refractivity contribution is 6.07. The molecule has 12 heteroatoms. The van der Waals surface area contributed by atoms with Gasteiger partial charge in [0.15, 0.2) is 0 Å². The molecule has 0 aliphatic carbocycles. The third-order valence-electron chi connectivity index (χ3n) is 7.48. The van der Waals surface area contributed by atoms with E-state index >= 15 is 0 Å². The van der Waals surface area contributed by atoms with Gasteiger partial charge in [0.1, 0.15) is 17.5 Å². The molecule has 0 fully saturated rings. The third-order valence-corrected chi connectivity index (χ3v) is 7.48. The molecule has 242 valence electrons. The van der Waals surface area contributed by atoms with E-state index in [0.717, 1.165) is 42.7 Å². The molecule has 0 aliphatic rings. The summed E-state index contributed by atoms with van der Waals surface area (Å²) in [4.78, 5) is 51.8. The van der Waals surface area contributed by atoms with E-state index in [0.29, 0.717) is 35.6 Å². The van der Waals surface area contributed by atoms with Gasteiger partial charge in [0.25, 0.3) is 5.91 Å². The average molecular weight is 628 g/mol. The number of unbranched alkanes of at least 4 members (excludes halogenated alkanes) is 4. The van der Waals surface area contributed by atoms with Crippen LogP contribution in [0.25, 0.3) is 11.0 Å². The van der Waals surface area contributed by atoms with Crippen molar-refractivity contribution in [2.24, 2.45) is 17.8 Å². The first kappa shape index (κ1) is 33.6. The molecule has 0 spiro atoms. The summed E-state index contributed by atoms with van der Waals surface area (Å²) in [6.45, 7) is 3.03. The number of aliphatic imine (C=N–C) groups is 1. The molecule has 0 aliphatic heterocycles. The van der Waals surface area contributed by atoms with Gasteiger partial charge in [-0.25, -0.2) is 14.8 Å². The summed E-state index contributed by atoms with van der Waals surface area (Å²) < 4.78 is 11.9. The maximum absolute atomic E-state index is 13.6. The van der Waals surface area contributed by atoms with Gasteiger partial charge < -0.3 is 25.1 Å². The van der Waals surface area contributed by atoms with Crippen LogP contribution in [0.2, 0.25) is 0 Å². The van der Waals surface area contributed by atoms with Gasteiger partial charge in [-0.2, -0.15) is 4.99 Å². The molecule has 0 unspecified atom stereocenters. The standard InChI is InChI=1S/C34H41N7O5/c1-4-5-6-7-10-21-46-34(44)39-32(35)24-12-15-26(16-13-24)37-23-30-38-27-22-25(14-17-28(27)40(30)2)33(43)41(20-18-31(42)45-3)29-11-8-9-19-36-29/h8-9,11-17,19,22,37H,4-7,10,18,20-21,23H2,1-3H3,(H2,35,39,44). The molecule has 0 radical (unpaired) electrons. The summed E-state index contributed by atoms with van der Waals surface area (Å²) in [6.07, 6.45) is 6.25. The minimum atomic E-state index is -0.687. The molecule has 4 rings (SSSR count). The number of carbonyl (C=O) groups is 3. The molecule has 46 heavy (non-hydrogen) atoms. The fourth-order valence-electron chi connectivity index (χ4n) is 4.84. The van der Waals surface area contributed by atoms with Crippen LogP contribution in [0.1, 0.15) is 67.2 Å². The van der Waals surface area contributed by atoms with Gasteiger partial charge in [-0.1, -0.05) is 38.7 Å². The van der Waals surface area contributed by atoms with Crippen LogP contribution in [0.4, 0.5) is 16.3 Å². The van der Waals surface area contributed by atoms with Gasteiger partial charge in [0, 0.05) is 36.6 Å². The monoisotopic (exact) mass is 627 g/mol. The Kier molecular flexibility index (Phi) is 12.2. The normalized spacial score (nSPS) is 11.3. The Morgan fingerprint density at radius 1 is 1.00 bits per heavy atom. The molecular formula is C34H41N7O5. The number of carbonyl (C=O) groups excluding carboxylic acids is 3. The van der Waals surface area contributed by atoms with E-state index in [-0.39, 0.29) is 24.7 Å². The molecule has 12 nitrogen and oxygen atoms in total. The van der Waals surface area contributed by atoms with Crippen LogP contribution in [-0.4, -0.2) is 58.6 Å². The van der Waals surface area contributed by atoms with Crippen LogP contribution < -0.4 is 16.0 Å². The van der Waals surface area contributed by atoms with Gasteiger partial charge in [-0.05, 0) is 61.0 Å². The first-order chi connectivity index (χ1) is 22.3. The second-order valence-corrected chi connectivity index (χ2v) is 10.7. The van der Waals surface area contributed by atoms with Gasteiger partial charge >= 0.3 is 12.1 Å². The maximum atomic E-state index is 13.6. The minimum absolute atomic E-state index is 0.0344. The lowest BCUT2D eigenvalue weighted by Crippen LogP contribution is -2.33. The highest BCUT2D eigenvalue weighted by Crippen LogP contribution is 2.21. The number of fused-ring (bicyclic) bond motifs is 1. The van der Waals surface area contributed by atoms with E-state index in [1.807, 2.05) is 29.8 Å². The smallest absolute Gasteiger partial charge is 0.435 e. The Morgan fingerprint density at radius 3 is 2.48 bits per heavy atom. The van der Waals surface area contributed by atoms with E-state index in [1.54, 1.807) is 48.7 Å². The zero-order valence-corrected chi connectivity index (χ0v) is 26.6. The Morgan fingerprint density at radius 2 is 1.76 bits per heavy atom. The topological polar surface area (TPSA) is 154 Å². The van der Waals surface area contributed by atoms with Crippen LogP contribution in [0.5, 0.6) is 0 Å². The first-order valence-corrected chi connectivity index (χ1v) is 15.4. The summed E-state index contributed by atoms with van der Waals surface area (Å²) in [6, 6.07) is 17.8. The van der Waals surface area contributed by atoms with Crippen LogP contribution in [0.15, 0.2) is 71.9 Å². The summed E-state index contributed by atoms with van der Waals surface area (Å²) in [5.74, 6) is 0.577. The summed E-state index contributed by atoms with van der Waals surface area (Å²) >= 11 is 0. The fourth-order valence-corrected chi connectivity index (χ4v) is 4.84. The van der Waals surface area contributed by atoms with Crippen molar-refractivity contribution < 1.29 is 23.9 Å². The number of amidine groups is 1. The first-order valence-electron chi connectivity index (χ1n) is 15.4. The minimum Gasteiger partial charge on any atom is -0.469 e. The number of hydrogen-bond donors (Lipinski definition) is 2. The number of aromatic nitrogens is 3. The predicted octanol–water partition coefficient (Wildman–Crippen LogP) is 5.60. The zero-order chi connectivity index (χ0) is 32.9. The summed E-state index contributed by atoms with van der Waals surface area (Å²) in [7, 11) is 3.23. The van der Waals surface area contributed by atoms with Crippen molar-refractivity contribution in [3.63, 3.8) is 0 Å². The molecule has 0 atom stereocenters. The van der Waals surface area contributed by atoms with E-state index in [1.165, 1.54) is 18.4 Å². The highest BCUT2D eigenvalue weighted by atomic mass is 16.5. The SMILES string of the molecule is CCCCCCCOC(=O)N=C(N)c1ccc(NCc2nc3cc(C(=O)N(CCC(=O)OC)c4ccccn4)ccc3n2C)cc1. The van der Waals surface area contributed by atoms with E-state index in [2.05, 4.69) is 22.2 Å². The number of rotatable bonds is 15. The number of anilines is 2. The molecule has 2 heterocycles. The highest BCUT2D eigenvalue weighted by Gasteiger charge is 2.21. The molecule has 0 bridgehead atoms. The number of pyridine rings is 1. The number of amides is 2.